The van der Waals surface area contributed by atoms with E-state index >= 15 is 0 Å². The Bertz CT molecular complexity index is 1470. The summed E-state index contributed by atoms with van der Waals surface area (Å²) in [6.45, 7) is 2.23. The van der Waals surface area contributed by atoms with Gasteiger partial charge in [-0.05, 0) is 55.5 Å². The second kappa shape index (κ2) is 11.4. The van der Waals surface area contributed by atoms with Crippen LogP contribution < -0.4 is 20.5 Å². The van der Waals surface area contributed by atoms with Gasteiger partial charge in [-0.3, -0.25) is 14.2 Å². The van der Waals surface area contributed by atoms with E-state index in [-0.39, 0.29) is 17.1 Å². The average molecular weight is 505 g/mol. The molecule has 4 rings (SSSR count). The summed E-state index contributed by atoms with van der Waals surface area (Å²) in [5.41, 5.74) is 3.74. The summed E-state index contributed by atoms with van der Waals surface area (Å²) < 4.78 is 12.0. The number of hydrogen-bond acceptors (Lipinski definition) is 8. The zero-order valence-electron chi connectivity index (χ0n) is 19.7. The fourth-order valence-corrected chi connectivity index (χ4v) is 4.22. The van der Waals surface area contributed by atoms with Gasteiger partial charge >= 0.3 is 0 Å². The number of nitrogens with one attached hydrogen (secondary N) is 1. The second-order valence-corrected chi connectivity index (χ2v) is 8.40. The summed E-state index contributed by atoms with van der Waals surface area (Å²) in [5.74, 6) is 0.492. The van der Waals surface area contributed by atoms with Crippen molar-refractivity contribution in [3.63, 3.8) is 0 Å². The van der Waals surface area contributed by atoms with E-state index in [0.717, 1.165) is 11.8 Å². The lowest BCUT2D eigenvalue weighted by atomic mass is 10.2. The van der Waals surface area contributed by atoms with Crippen LogP contribution in [0.2, 0.25) is 0 Å². The highest BCUT2D eigenvalue weighted by Gasteiger charge is 2.15. The molecule has 9 nitrogen and oxygen atoms in total. The van der Waals surface area contributed by atoms with E-state index in [4.69, 9.17) is 9.47 Å². The number of nitrogens with zero attached hydrogens (tertiary/aromatic N) is 3. The van der Waals surface area contributed by atoms with Crippen molar-refractivity contribution in [3.8, 4) is 22.9 Å². The maximum Gasteiger partial charge on any atom is 0.266 e. The number of hydrogen-bond donors (Lipinski definition) is 2. The zero-order valence-corrected chi connectivity index (χ0v) is 20.5. The van der Waals surface area contributed by atoms with E-state index in [1.807, 2.05) is 6.92 Å². The number of phenols is 1. The maximum atomic E-state index is 13.3. The van der Waals surface area contributed by atoms with E-state index in [0.29, 0.717) is 45.4 Å². The molecule has 0 aliphatic rings. The second-order valence-electron chi connectivity index (χ2n) is 7.46. The van der Waals surface area contributed by atoms with E-state index < -0.39 is 5.91 Å². The number of hydrazone groups is 1. The molecule has 0 fully saturated rings. The molecule has 1 aromatic heterocycles. The molecule has 2 N–H and O–H groups in total. The van der Waals surface area contributed by atoms with Gasteiger partial charge in [0.1, 0.15) is 5.75 Å². The topological polar surface area (TPSA) is 115 Å². The van der Waals surface area contributed by atoms with E-state index in [9.17, 15) is 14.7 Å². The largest absolute Gasteiger partial charge is 0.504 e. The lowest BCUT2D eigenvalue weighted by Gasteiger charge is -2.13. The first-order chi connectivity index (χ1) is 17.5. The van der Waals surface area contributed by atoms with Crippen molar-refractivity contribution in [1.29, 1.82) is 0 Å². The van der Waals surface area contributed by atoms with Crippen LogP contribution >= 0.6 is 11.8 Å². The van der Waals surface area contributed by atoms with Crippen molar-refractivity contribution in [3.05, 3.63) is 82.6 Å². The predicted octanol–water partition coefficient (Wildman–Crippen LogP) is 3.74. The molecule has 1 amide bonds. The number of amides is 1. The van der Waals surface area contributed by atoms with E-state index in [2.05, 4.69) is 15.5 Å². The van der Waals surface area contributed by atoms with Gasteiger partial charge in [-0.2, -0.15) is 5.10 Å². The monoisotopic (exact) mass is 504 g/mol. The standard InChI is InChI=1S/C26H24N4O5S/c1-3-35-22-10-6-7-17(24(22)32)15-27-29-23(31)16-36-26-28-21-9-5-4-8-20(21)25(33)30(26)18-11-13-19(34-2)14-12-18/h4-15,32H,3,16H2,1-2H3,(H,29,31)/b27-15-. The van der Waals surface area contributed by atoms with Crippen molar-refractivity contribution >= 4 is 34.8 Å². The first-order valence-corrected chi connectivity index (χ1v) is 12.1. The van der Waals surface area contributed by atoms with Gasteiger partial charge in [0.25, 0.3) is 11.5 Å². The van der Waals surface area contributed by atoms with Gasteiger partial charge in [0, 0.05) is 5.56 Å². The third kappa shape index (κ3) is 5.49. The first kappa shape index (κ1) is 24.8. The number of aromatic hydroxyl groups is 1. The zero-order chi connectivity index (χ0) is 25.5. The quantitative estimate of drug-likeness (QED) is 0.154. The first-order valence-electron chi connectivity index (χ1n) is 11.1. The van der Waals surface area contributed by atoms with E-state index in [1.54, 1.807) is 73.8 Å². The number of thioether (sulfide) groups is 1. The fraction of sp³-hybridized carbons (Fsp3) is 0.154. The summed E-state index contributed by atoms with van der Waals surface area (Å²) in [6, 6.07) is 19.1. The van der Waals surface area contributed by atoms with Crippen LogP contribution in [-0.4, -0.2) is 46.2 Å². The normalized spacial score (nSPS) is 11.1. The molecule has 1 heterocycles. The number of rotatable bonds is 9. The summed E-state index contributed by atoms with van der Waals surface area (Å²) in [7, 11) is 1.57. The highest BCUT2D eigenvalue weighted by atomic mass is 32.2. The lowest BCUT2D eigenvalue weighted by molar-refractivity contribution is -0.118. The smallest absolute Gasteiger partial charge is 0.266 e. The third-order valence-corrected chi connectivity index (χ3v) is 6.07. The lowest BCUT2D eigenvalue weighted by Crippen LogP contribution is -2.24. The van der Waals surface area contributed by atoms with Crippen molar-refractivity contribution in [2.24, 2.45) is 5.10 Å². The number of para-hydroxylation sites is 2. The van der Waals surface area contributed by atoms with Crippen LogP contribution in [0.1, 0.15) is 12.5 Å². The van der Waals surface area contributed by atoms with E-state index in [1.165, 1.54) is 10.8 Å². The summed E-state index contributed by atoms with van der Waals surface area (Å²) in [6.07, 6.45) is 1.34. The molecular formula is C26H24N4O5S. The van der Waals surface area contributed by atoms with Crippen LogP contribution in [-0.2, 0) is 4.79 Å². The molecule has 10 heteroatoms. The van der Waals surface area contributed by atoms with Gasteiger partial charge in [-0.25, -0.2) is 10.4 Å². The molecule has 0 aliphatic heterocycles. The van der Waals surface area contributed by atoms with Crippen LogP contribution in [0.25, 0.3) is 16.6 Å². The molecule has 0 unspecified atom stereocenters. The van der Waals surface area contributed by atoms with Crippen molar-refractivity contribution < 1.29 is 19.4 Å². The maximum absolute atomic E-state index is 13.3. The number of aromatic nitrogens is 2. The highest BCUT2D eigenvalue weighted by molar-refractivity contribution is 7.99. The molecule has 4 aromatic rings. The molecule has 184 valence electrons. The Kier molecular flexibility index (Phi) is 7.86. The molecule has 0 saturated heterocycles. The fourth-order valence-electron chi connectivity index (χ4n) is 3.42. The number of fused-ring (bicyclic) bond motifs is 1. The Labute approximate surface area is 211 Å². The van der Waals surface area contributed by atoms with Gasteiger partial charge in [-0.15, -0.1) is 0 Å². The van der Waals surface area contributed by atoms with Crippen molar-refractivity contribution in [1.82, 2.24) is 15.0 Å². The minimum Gasteiger partial charge on any atom is -0.504 e. The minimum absolute atomic E-state index is 0.0384. The minimum atomic E-state index is -0.402. The van der Waals surface area contributed by atoms with Crippen molar-refractivity contribution in [2.75, 3.05) is 19.5 Å². The van der Waals surface area contributed by atoms with Gasteiger partial charge in [0.05, 0.1) is 42.3 Å². The number of carbonyl (C=O) groups excluding carboxylic acids is 1. The Hall–Kier alpha value is -4.31. The SMILES string of the molecule is CCOc1cccc(/C=N\NC(=O)CSc2nc3ccccc3c(=O)n2-c2ccc(OC)cc2)c1O. The molecule has 0 spiro atoms. The van der Waals surface area contributed by atoms with Crippen LogP contribution in [0.3, 0.4) is 0 Å². The molecule has 0 atom stereocenters. The Morgan fingerprint density at radius 3 is 2.67 bits per heavy atom. The Morgan fingerprint density at radius 2 is 1.92 bits per heavy atom. The Morgan fingerprint density at radius 1 is 1.14 bits per heavy atom. The number of carbonyl (C=O) groups is 1. The summed E-state index contributed by atoms with van der Waals surface area (Å²) >= 11 is 1.11. The average Bonchev–Trinajstić information content (AvgIpc) is 2.90. The molecule has 0 saturated carbocycles. The molecule has 36 heavy (non-hydrogen) atoms. The van der Waals surface area contributed by atoms with Crippen LogP contribution in [0.5, 0.6) is 17.2 Å². The van der Waals surface area contributed by atoms with Gasteiger partial charge in [0.2, 0.25) is 0 Å². The number of phenolic OH excluding ortho intramolecular Hbond substituents is 1. The summed E-state index contributed by atoms with van der Waals surface area (Å²) in [5, 5.41) is 15.0. The van der Waals surface area contributed by atoms with Crippen LogP contribution in [0.4, 0.5) is 0 Å². The highest BCUT2D eigenvalue weighted by Crippen LogP contribution is 2.28. The third-order valence-electron chi connectivity index (χ3n) is 5.13. The molecule has 0 aliphatic carbocycles. The molecular weight excluding hydrogens is 480 g/mol. The van der Waals surface area contributed by atoms with Crippen LogP contribution in [0.15, 0.2) is 81.8 Å². The van der Waals surface area contributed by atoms with Crippen molar-refractivity contribution in [2.45, 2.75) is 12.1 Å². The van der Waals surface area contributed by atoms with Gasteiger partial charge in [0.15, 0.2) is 16.7 Å². The summed E-state index contributed by atoms with van der Waals surface area (Å²) in [4.78, 5) is 30.4. The number of methoxy groups -OCH3 is 1. The van der Waals surface area contributed by atoms with Crippen LogP contribution in [0, 0.1) is 0 Å². The van der Waals surface area contributed by atoms with Gasteiger partial charge in [-0.1, -0.05) is 30.0 Å². The number of benzene rings is 3. The number of ether oxygens (including phenoxy) is 2. The molecule has 3 aromatic carbocycles. The predicted molar refractivity (Wildman–Crippen MR) is 140 cm³/mol. The Balaban J connectivity index is 1.53. The van der Waals surface area contributed by atoms with Gasteiger partial charge < -0.3 is 14.6 Å². The molecule has 0 bridgehead atoms. The molecule has 0 radical (unpaired) electrons.